The van der Waals surface area contributed by atoms with Crippen LogP contribution in [-0.2, 0) is 6.42 Å². The summed E-state index contributed by atoms with van der Waals surface area (Å²) in [5.74, 6) is -0.0314. The summed E-state index contributed by atoms with van der Waals surface area (Å²) in [6, 6.07) is 7.18. The van der Waals surface area contributed by atoms with E-state index in [0.29, 0.717) is 28.9 Å². The van der Waals surface area contributed by atoms with Crippen molar-refractivity contribution in [2.45, 2.75) is 61.3 Å². The van der Waals surface area contributed by atoms with E-state index >= 15 is 0 Å². The van der Waals surface area contributed by atoms with Gasteiger partial charge in [0, 0.05) is 28.2 Å². The lowest BCUT2D eigenvalue weighted by Gasteiger charge is -2.17. The normalized spacial score (nSPS) is 15.5. The lowest BCUT2D eigenvalue weighted by atomic mass is 9.91. The second kappa shape index (κ2) is 8.78. The minimum atomic E-state index is -2.66. The Balaban J connectivity index is 2.45. The van der Waals surface area contributed by atoms with Gasteiger partial charge in [0.15, 0.2) is 5.78 Å². The maximum Gasteiger partial charge on any atom is 0.677 e. The number of Topliss-reactive ketones (excluding diaryl/α,β-unsaturated/α-hetero) is 1. The molecular formula is C25H29BF2N2O. The van der Waals surface area contributed by atoms with Gasteiger partial charge in [-0.05, 0) is 75.3 Å². The number of nitrogens with zero attached hydrogens (tertiary/aromatic N) is 2. The van der Waals surface area contributed by atoms with Crippen LogP contribution in [0.4, 0.5) is 8.63 Å². The molecule has 3 nitrogen and oxygen atoms in total. The van der Waals surface area contributed by atoms with E-state index in [2.05, 4.69) is 6.92 Å². The molecule has 0 aliphatic carbocycles. The lowest BCUT2D eigenvalue weighted by molar-refractivity contribution is 0.101. The average Bonchev–Trinajstić information content (AvgIpc) is 3.14. The van der Waals surface area contributed by atoms with Crippen LogP contribution >= 0.6 is 0 Å². The number of allylic oxidation sites excluding steroid dienone is 2. The molecule has 0 fully saturated rings. The van der Waals surface area contributed by atoms with Crippen molar-refractivity contribution in [3.63, 3.8) is 0 Å². The Kier molecular flexibility index (Phi) is 6.49. The van der Waals surface area contributed by atoms with Gasteiger partial charge in [-0.1, -0.05) is 38.1 Å². The molecule has 0 spiro atoms. The molecule has 0 bridgehead atoms. The van der Waals surface area contributed by atoms with Crippen LogP contribution < -0.4 is 0 Å². The molecule has 0 radical (unpaired) electrons. The lowest BCUT2D eigenvalue weighted by Crippen LogP contribution is -2.18. The van der Waals surface area contributed by atoms with Crippen molar-refractivity contribution in [1.29, 1.82) is 0 Å². The standard InChI is InChI=1S/C25H29BF2N2O/c1-8-21-14(3)24(29-16(21)5)23(20-12-10-19(11-13-20)18(7)31)25-15(4)22(9-2)17(6)30(25)26(27)28/h10-13H,8-9H2,1-7H3/b24-23-. The second-order valence-electron chi connectivity index (χ2n) is 8.05. The predicted molar refractivity (Wildman–Crippen MR) is 125 cm³/mol. The van der Waals surface area contributed by atoms with Gasteiger partial charge in [0.25, 0.3) is 0 Å². The Hall–Kier alpha value is -2.76. The Morgan fingerprint density at radius 2 is 1.58 bits per heavy atom. The molecule has 6 heteroatoms. The summed E-state index contributed by atoms with van der Waals surface area (Å²) in [5, 5.41) is 0. The molecule has 162 valence electrons. The van der Waals surface area contributed by atoms with E-state index in [-0.39, 0.29) is 5.78 Å². The fraction of sp³-hybridized carbons (Fsp3) is 0.360. The van der Waals surface area contributed by atoms with E-state index in [1.807, 2.05) is 39.8 Å². The van der Waals surface area contributed by atoms with Crippen LogP contribution in [0.5, 0.6) is 0 Å². The highest BCUT2D eigenvalue weighted by atomic mass is 19.2. The molecule has 1 aliphatic rings. The Morgan fingerprint density at radius 3 is 2.03 bits per heavy atom. The smallest absolute Gasteiger partial charge is 0.329 e. The molecule has 31 heavy (non-hydrogen) atoms. The monoisotopic (exact) mass is 422 g/mol. The number of carbonyl (C=O) groups excluding carboxylic acids is 1. The SMILES string of the molecule is CCC1=C(C)/C(=C(\c2ccc(C(C)=O)cc2)c2c(C)c(CC)c(C)n2B(F)F)N=C1C. The molecule has 3 rings (SSSR count). The third kappa shape index (κ3) is 3.84. The van der Waals surface area contributed by atoms with Crippen molar-refractivity contribution in [3.05, 3.63) is 74.8 Å². The zero-order valence-corrected chi connectivity index (χ0v) is 19.4. The van der Waals surface area contributed by atoms with E-state index in [9.17, 15) is 13.4 Å². The van der Waals surface area contributed by atoms with E-state index in [1.54, 1.807) is 19.1 Å². The summed E-state index contributed by atoms with van der Waals surface area (Å²) < 4.78 is 29.8. The fourth-order valence-corrected chi connectivity index (χ4v) is 4.74. The number of halogens is 2. The molecule has 0 amide bonds. The summed E-state index contributed by atoms with van der Waals surface area (Å²) in [6.07, 6.45) is 1.50. The van der Waals surface area contributed by atoms with Gasteiger partial charge in [-0.3, -0.25) is 18.4 Å². The van der Waals surface area contributed by atoms with Gasteiger partial charge in [-0.2, -0.15) is 0 Å². The van der Waals surface area contributed by atoms with Gasteiger partial charge in [0.1, 0.15) is 0 Å². The molecule has 2 aromatic rings. The predicted octanol–water partition coefficient (Wildman–Crippen LogP) is 6.60. The first-order valence-electron chi connectivity index (χ1n) is 10.7. The summed E-state index contributed by atoms with van der Waals surface area (Å²) in [4.78, 5) is 16.6. The number of aromatic nitrogens is 1. The molecule has 1 aliphatic heterocycles. The Morgan fingerprint density at radius 1 is 1.00 bits per heavy atom. The molecule has 0 saturated heterocycles. The van der Waals surface area contributed by atoms with Crippen molar-refractivity contribution >= 4 is 24.5 Å². The van der Waals surface area contributed by atoms with Gasteiger partial charge in [0.05, 0.1) is 5.70 Å². The quantitative estimate of drug-likeness (QED) is 0.381. The molecule has 0 saturated carbocycles. The largest absolute Gasteiger partial charge is 0.677 e. The highest BCUT2D eigenvalue weighted by Gasteiger charge is 2.32. The van der Waals surface area contributed by atoms with Gasteiger partial charge in [0.2, 0.25) is 0 Å². The molecule has 0 unspecified atom stereocenters. The van der Waals surface area contributed by atoms with Crippen molar-refractivity contribution in [3.8, 4) is 0 Å². The van der Waals surface area contributed by atoms with Gasteiger partial charge < -0.3 is 4.48 Å². The van der Waals surface area contributed by atoms with Crippen LogP contribution in [0.25, 0.3) is 5.57 Å². The third-order valence-corrected chi connectivity index (χ3v) is 6.33. The number of carbonyl (C=O) groups is 1. The van der Waals surface area contributed by atoms with Crippen LogP contribution in [0, 0.1) is 13.8 Å². The number of hydrogen-bond acceptors (Lipinski definition) is 2. The van der Waals surface area contributed by atoms with Gasteiger partial charge in [-0.25, -0.2) is 0 Å². The summed E-state index contributed by atoms with van der Waals surface area (Å²) >= 11 is 0. The summed E-state index contributed by atoms with van der Waals surface area (Å²) in [6.45, 7) is 13.2. The first kappa shape index (κ1) is 22.9. The highest BCUT2D eigenvalue weighted by molar-refractivity contribution is 6.41. The average molecular weight is 422 g/mol. The first-order chi connectivity index (χ1) is 14.6. The van der Waals surface area contributed by atoms with E-state index in [1.165, 1.54) is 6.92 Å². The summed E-state index contributed by atoms with van der Waals surface area (Å²) in [7, 11) is -2.66. The zero-order chi connectivity index (χ0) is 23.0. The second-order valence-corrected chi connectivity index (χ2v) is 8.05. The highest BCUT2D eigenvalue weighted by Crippen LogP contribution is 2.40. The van der Waals surface area contributed by atoms with Crippen molar-refractivity contribution in [1.82, 2.24) is 4.48 Å². The molecule has 0 N–H and O–H groups in total. The number of hydrogen-bond donors (Lipinski definition) is 0. The molecule has 1 aromatic heterocycles. The van der Waals surface area contributed by atoms with Crippen LogP contribution in [0.3, 0.4) is 0 Å². The third-order valence-electron chi connectivity index (χ3n) is 6.33. The minimum Gasteiger partial charge on any atom is -0.329 e. The van der Waals surface area contributed by atoms with Crippen LogP contribution in [0.15, 0.2) is 46.1 Å². The molecule has 2 heterocycles. The maximum atomic E-state index is 14.3. The van der Waals surface area contributed by atoms with E-state index in [4.69, 9.17) is 4.99 Å². The Labute approximate surface area is 183 Å². The first-order valence-corrected chi connectivity index (χ1v) is 10.7. The number of rotatable bonds is 6. The van der Waals surface area contributed by atoms with Crippen molar-refractivity contribution < 1.29 is 13.4 Å². The Bertz CT molecular complexity index is 1140. The number of benzene rings is 1. The van der Waals surface area contributed by atoms with Crippen LogP contribution in [0.2, 0.25) is 0 Å². The minimum absolute atomic E-state index is 0.0314. The molecule has 1 aromatic carbocycles. The maximum absolute atomic E-state index is 14.3. The molecular weight excluding hydrogens is 393 g/mol. The topological polar surface area (TPSA) is 34.4 Å². The van der Waals surface area contributed by atoms with Crippen molar-refractivity contribution in [2.24, 2.45) is 4.99 Å². The number of ketones is 1. The fourth-order valence-electron chi connectivity index (χ4n) is 4.74. The number of aliphatic imine (C=N–C) groups is 1. The zero-order valence-electron chi connectivity index (χ0n) is 19.4. The molecule has 0 atom stereocenters. The van der Waals surface area contributed by atoms with Crippen LogP contribution in [-0.4, -0.2) is 23.4 Å². The van der Waals surface area contributed by atoms with E-state index in [0.717, 1.165) is 50.1 Å². The van der Waals surface area contributed by atoms with Gasteiger partial charge >= 0.3 is 7.40 Å². The summed E-state index contributed by atoms with van der Waals surface area (Å²) in [5.41, 5.74) is 8.75. The van der Waals surface area contributed by atoms with E-state index < -0.39 is 7.40 Å². The van der Waals surface area contributed by atoms with Gasteiger partial charge in [-0.15, -0.1) is 0 Å². The van der Waals surface area contributed by atoms with Crippen LogP contribution in [0.1, 0.15) is 79.5 Å². The van der Waals surface area contributed by atoms with Crippen molar-refractivity contribution in [2.75, 3.05) is 0 Å².